The topological polar surface area (TPSA) is 70.5 Å². The number of fused-ring (bicyclic) bond motifs is 1. The molecular weight excluding hydrogens is 248 g/mol. The molecule has 1 aliphatic heterocycles. The number of hydrogen-bond donors (Lipinski definition) is 0. The smallest absolute Gasteiger partial charge is 0.316 e. The molecule has 0 aliphatic carbocycles. The van der Waals surface area contributed by atoms with Crippen molar-refractivity contribution in [2.45, 2.75) is 6.61 Å². The number of nitrogens with zero attached hydrogens (tertiary/aromatic N) is 2. The normalized spacial score (nSPS) is 12.2. The van der Waals surface area contributed by atoms with Crippen LogP contribution in [-0.2, 0) is 6.61 Å². The minimum absolute atomic E-state index is 0.225. The van der Waals surface area contributed by atoms with E-state index in [2.05, 4.69) is 9.97 Å². The van der Waals surface area contributed by atoms with Gasteiger partial charge in [0.05, 0.1) is 5.56 Å². The molecule has 2 aromatic rings. The van der Waals surface area contributed by atoms with E-state index in [0.29, 0.717) is 24.2 Å². The van der Waals surface area contributed by atoms with Crippen molar-refractivity contribution < 1.29 is 19.0 Å². The van der Waals surface area contributed by atoms with Crippen LogP contribution in [0.2, 0.25) is 0 Å². The van der Waals surface area contributed by atoms with Gasteiger partial charge in [0, 0.05) is 12.4 Å². The van der Waals surface area contributed by atoms with E-state index in [1.807, 2.05) is 18.2 Å². The fourth-order valence-corrected chi connectivity index (χ4v) is 1.64. The molecule has 6 heteroatoms. The molecule has 96 valence electrons. The van der Waals surface area contributed by atoms with Crippen molar-refractivity contribution in [2.24, 2.45) is 0 Å². The molecule has 0 saturated heterocycles. The van der Waals surface area contributed by atoms with E-state index >= 15 is 0 Å². The van der Waals surface area contributed by atoms with Crippen LogP contribution in [0.15, 0.2) is 30.6 Å². The van der Waals surface area contributed by atoms with E-state index < -0.39 is 0 Å². The molecule has 0 bridgehead atoms. The molecule has 1 aromatic heterocycles. The van der Waals surface area contributed by atoms with E-state index in [9.17, 15) is 4.79 Å². The van der Waals surface area contributed by atoms with Crippen molar-refractivity contribution in [3.63, 3.8) is 0 Å². The summed E-state index contributed by atoms with van der Waals surface area (Å²) in [5.41, 5.74) is 1.34. The minimum Gasteiger partial charge on any atom is -0.459 e. The second-order valence-electron chi connectivity index (χ2n) is 3.89. The molecule has 1 aliphatic rings. The molecule has 6 nitrogen and oxygen atoms in total. The quantitative estimate of drug-likeness (QED) is 0.776. The van der Waals surface area contributed by atoms with Gasteiger partial charge in [0.15, 0.2) is 17.8 Å². The molecule has 0 amide bonds. The number of aromatic nitrogens is 2. The Balaban J connectivity index is 1.66. The Morgan fingerprint density at radius 2 is 2.00 bits per heavy atom. The molecule has 0 fully saturated rings. The molecule has 19 heavy (non-hydrogen) atoms. The first-order valence-corrected chi connectivity index (χ1v) is 5.64. The maximum absolute atomic E-state index is 10.5. The monoisotopic (exact) mass is 258 g/mol. The minimum atomic E-state index is 0.225. The van der Waals surface area contributed by atoms with Crippen LogP contribution in [0, 0.1) is 0 Å². The van der Waals surface area contributed by atoms with Gasteiger partial charge in [-0.25, -0.2) is 9.97 Å². The van der Waals surface area contributed by atoms with E-state index in [0.717, 1.165) is 11.3 Å². The number of aldehydes is 1. The van der Waals surface area contributed by atoms with Crippen LogP contribution in [0.3, 0.4) is 0 Å². The number of rotatable bonds is 4. The zero-order chi connectivity index (χ0) is 13.1. The van der Waals surface area contributed by atoms with Crippen molar-refractivity contribution in [3.8, 4) is 17.5 Å². The fraction of sp³-hybridized carbons (Fsp3) is 0.154. The lowest BCUT2D eigenvalue weighted by atomic mass is 10.2. The molecule has 2 heterocycles. The summed E-state index contributed by atoms with van der Waals surface area (Å²) >= 11 is 0. The number of ether oxygens (including phenoxy) is 3. The van der Waals surface area contributed by atoms with Crippen LogP contribution in [-0.4, -0.2) is 23.0 Å². The molecule has 0 saturated carbocycles. The first kappa shape index (κ1) is 11.5. The highest BCUT2D eigenvalue weighted by Crippen LogP contribution is 2.32. The Morgan fingerprint density at radius 1 is 1.21 bits per heavy atom. The summed E-state index contributed by atoms with van der Waals surface area (Å²) < 4.78 is 15.9. The van der Waals surface area contributed by atoms with Gasteiger partial charge in [-0.1, -0.05) is 6.07 Å². The molecule has 0 unspecified atom stereocenters. The zero-order valence-corrected chi connectivity index (χ0v) is 9.91. The Bertz CT molecular complexity index is 598. The van der Waals surface area contributed by atoms with Crippen LogP contribution in [0.5, 0.6) is 17.5 Å². The van der Waals surface area contributed by atoms with Crippen LogP contribution < -0.4 is 14.2 Å². The predicted molar refractivity (Wildman–Crippen MR) is 64.3 cm³/mol. The van der Waals surface area contributed by atoms with Crippen LogP contribution >= 0.6 is 0 Å². The Morgan fingerprint density at radius 3 is 2.79 bits per heavy atom. The molecule has 0 spiro atoms. The maximum atomic E-state index is 10.5. The van der Waals surface area contributed by atoms with Gasteiger partial charge in [-0.05, 0) is 17.7 Å². The van der Waals surface area contributed by atoms with Gasteiger partial charge >= 0.3 is 6.01 Å². The van der Waals surface area contributed by atoms with Gasteiger partial charge in [0.25, 0.3) is 0 Å². The number of carbonyl (C=O) groups excluding carboxylic acids is 1. The van der Waals surface area contributed by atoms with Gasteiger partial charge in [0.1, 0.15) is 6.61 Å². The third-order valence-corrected chi connectivity index (χ3v) is 2.59. The van der Waals surface area contributed by atoms with Crippen molar-refractivity contribution in [2.75, 3.05) is 6.79 Å². The largest absolute Gasteiger partial charge is 0.459 e. The highest BCUT2D eigenvalue weighted by Gasteiger charge is 2.13. The number of hydrogen-bond acceptors (Lipinski definition) is 6. The summed E-state index contributed by atoms with van der Waals surface area (Å²) in [6.07, 6.45) is 3.51. The van der Waals surface area contributed by atoms with Crippen LogP contribution in [0.25, 0.3) is 0 Å². The van der Waals surface area contributed by atoms with E-state index in [1.54, 1.807) is 0 Å². The van der Waals surface area contributed by atoms with Crippen LogP contribution in [0.4, 0.5) is 0 Å². The van der Waals surface area contributed by atoms with E-state index in [-0.39, 0.29) is 12.8 Å². The van der Waals surface area contributed by atoms with Crippen molar-refractivity contribution in [1.29, 1.82) is 0 Å². The third-order valence-electron chi connectivity index (χ3n) is 2.59. The number of carbonyl (C=O) groups is 1. The summed E-state index contributed by atoms with van der Waals surface area (Å²) in [4.78, 5) is 18.3. The van der Waals surface area contributed by atoms with Gasteiger partial charge in [-0.15, -0.1) is 0 Å². The highest BCUT2D eigenvalue weighted by molar-refractivity contribution is 5.73. The Kier molecular flexibility index (Phi) is 2.97. The third kappa shape index (κ3) is 2.47. The first-order chi connectivity index (χ1) is 9.35. The lowest BCUT2D eigenvalue weighted by Gasteiger charge is -2.05. The van der Waals surface area contributed by atoms with Gasteiger partial charge in [-0.3, -0.25) is 4.79 Å². The standard InChI is InChI=1S/C13H10N2O4/c16-6-10-4-14-13(15-5-10)17-7-9-1-2-11-12(3-9)19-8-18-11/h1-6H,7-8H2. The second-order valence-corrected chi connectivity index (χ2v) is 3.89. The molecule has 3 rings (SSSR count). The van der Waals surface area contributed by atoms with Crippen molar-refractivity contribution in [1.82, 2.24) is 9.97 Å². The summed E-state index contributed by atoms with van der Waals surface area (Å²) in [5.74, 6) is 1.44. The van der Waals surface area contributed by atoms with E-state index in [1.165, 1.54) is 12.4 Å². The molecule has 0 radical (unpaired) electrons. The van der Waals surface area contributed by atoms with Crippen molar-refractivity contribution >= 4 is 6.29 Å². The first-order valence-electron chi connectivity index (χ1n) is 5.64. The molecule has 0 atom stereocenters. The Labute approximate surface area is 109 Å². The molecule has 0 N–H and O–H groups in total. The summed E-state index contributed by atoms with van der Waals surface area (Å²) in [6, 6.07) is 5.79. The highest BCUT2D eigenvalue weighted by atomic mass is 16.7. The number of benzene rings is 1. The SMILES string of the molecule is O=Cc1cnc(OCc2ccc3c(c2)OCO3)nc1. The summed E-state index contributed by atoms with van der Waals surface area (Å²) in [6.45, 7) is 0.562. The zero-order valence-electron chi connectivity index (χ0n) is 9.91. The lowest BCUT2D eigenvalue weighted by molar-refractivity contribution is 0.112. The maximum Gasteiger partial charge on any atom is 0.316 e. The van der Waals surface area contributed by atoms with Gasteiger partial charge < -0.3 is 14.2 Å². The summed E-state index contributed by atoms with van der Waals surface area (Å²) in [7, 11) is 0. The average molecular weight is 258 g/mol. The molecular formula is C13H10N2O4. The lowest BCUT2D eigenvalue weighted by Crippen LogP contribution is -2.00. The van der Waals surface area contributed by atoms with Crippen molar-refractivity contribution in [3.05, 3.63) is 41.7 Å². The van der Waals surface area contributed by atoms with E-state index in [4.69, 9.17) is 14.2 Å². The fourth-order valence-electron chi connectivity index (χ4n) is 1.64. The van der Waals surface area contributed by atoms with Gasteiger partial charge in [0.2, 0.25) is 6.79 Å². The van der Waals surface area contributed by atoms with Crippen LogP contribution in [0.1, 0.15) is 15.9 Å². The average Bonchev–Trinajstić information content (AvgIpc) is 2.93. The van der Waals surface area contributed by atoms with Gasteiger partial charge in [-0.2, -0.15) is 0 Å². The Hall–Kier alpha value is -2.63. The molecule has 1 aromatic carbocycles. The predicted octanol–water partition coefficient (Wildman–Crippen LogP) is 1.60. The second kappa shape index (κ2) is 4.93. The summed E-state index contributed by atoms with van der Waals surface area (Å²) in [5, 5.41) is 0.